The fraction of sp³-hybridized carbons (Fsp3) is 0.333. The number of hydrogen-bond donors (Lipinski definition) is 1. The van der Waals surface area contributed by atoms with Gasteiger partial charge in [0.15, 0.2) is 0 Å². The van der Waals surface area contributed by atoms with E-state index >= 15 is 0 Å². The van der Waals surface area contributed by atoms with Crippen molar-refractivity contribution < 1.29 is 4.79 Å². The van der Waals surface area contributed by atoms with Crippen molar-refractivity contribution >= 4 is 6.03 Å². The van der Waals surface area contributed by atoms with Gasteiger partial charge >= 0.3 is 6.03 Å². The molecule has 2 aromatic rings. The van der Waals surface area contributed by atoms with Crippen LogP contribution in [0.5, 0.6) is 0 Å². The lowest BCUT2D eigenvalue weighted by molar-refractivity contribution is 0.180. The van der Waals surface area contributed by atoms with Crippen LogP contribution in [0.1, 0.15) is 36.1 Å². The van der Waals surface area contributed by atoms with Crippen LogP contribution in [0.3, 0.4) is 0 Å². The summed E-state index contributed by atoms with van der Waals surface area (Å²) in [5.41, 5.74) is 3.64. The summed E-state index contributed by atoms with van der Waals surface area (Å²) in [5.74, 6) is 0. The Labute approximate surface area is 131 Å². The summed E-state index contributed by atoms with van der Waals surface area (Å²) in [6.45, 7) is 3.51. The Balaban J connectivity index is 1.98. The van der Waals surface area contributed by atoms with Gasteiger partial charge in [0, 0.05) is 25.5 Å². The number of carbonyl (C=O) groups excluding carboxylic acids is 1. The SMILES string of the molecule is CCCNC(=O)N1CCc2ccccc2C1c1ccncc1. The molecule has 0 radical (unpaired) electrons. The first-order valence-electron chi connectivity index (χ1n) is 7.83. The smallest absolute Gasteiger partial charge is 0.318 e. The highest BCUT2D eigenvalue weighted by Gasteiger charge is 2.31. The molecule has 1 unspecified atom stereocenters. The number of nitrogens with zero attached hydrogens (tertiary/aromatic N) is 2. The van der Waals surface area contributed by atoms with Gasteiger partial charge in [-0.1, -0.05) is 31.2 Å². The van der Waals surface area contributed by atoms with Crippen molar-refractivity contribution in [2.75, 3.05) is 13.1 Å². The second-order valence-corrected chi connectivity index (χ2v) is 5.56. The van der Waals surface area contributed by atoms with E-state index in [-0.39, 0.29) is 12.1 Å². The van der Waals surface area contributed by atoms with Crippen LogP contribution in [0, 0.1) is 0 Å². The molecule has 4 nitrogen and oxygen atoms in total. The monoisotopic (exact) mass is 295 g/mol. The first-order valence-corrected chi connectivity index (χ1v) is 7.83. The Bertz CT molecular complexity index is 642. The molecule has 1 N–H and O–H groups in total. The zero-order valence-electron chi connectivity index (χ0n) is 12.8. The maximum atomic E-state index is 12.5. The van der Waals surface area contributed by atoms with Crippen molar-refractivity contribution in [1.29, 1.82) is 0 Å². The van der Waals surface area contributed by atoms with Crippen LogP contribution in [-0.4, -0.2) is 29.0 Å². The van der Waals surface area contributed by atoms with Gasteiger partial charge in [0.05, 0.1) is 6.04 Å². The van der Waals surface area contributed by atoms with Crippen LogP contribution < -0.4 is 5.32 Å². The van der Waals surface area contributed by atoms with Crippen LogP contribution >= 0.6 is 0 Å². The van der Waals surface area contributed by atoms with E-state index in [1.807, 2.05) is 23.1 Å². The van der Waals surface area contributed by atoms with Crippen molar-refractivity contribution in [3.05, 3.63) is 65.5 Å². The van der Waals surface area contributed by atoms with Crippen LogP contribution in [-0.2, 0) is 6.42 Å². The minimum atomic E-state index is -0.0372. The van der Waals surface area contributed by atoms with Crippen LogP contribution in [0.2, 0.25) is 0 Å². The van der Waals surface area contributed by atoms with Crippen molar-refractivity contribution in [3.8, 4) is 0 Å². The topological polar surface area (TPSA) is 45.2 Å². The molecule has 4 heteroatoms. The minimum Gasteiger partial charge on any atom is -0.338 e. The number of carbonyl (C=O) groups is 1. The summed E-state index contributed by atoms with van der Waals surface area (Å²) < 4.78 is 0. The standard InChI is InChI=1S/C18H21N3O/c1-2-10-20-18(22)21-13-9-14-5-3-4-6-16(14)17(21)15-7-11-19-12-8-15/h3-8,11-12,17H,2,9-10,13H2,1H3,(H,20,22). The molecule has 2 amide bonds. The molecule has 22 heavy (non-hydrogen) atoms. The highest BCUT2D eigenvalue weighted by Crippen LogP contribution is 2.34. The van der Waals surface area contributed by atoms with Gasteiger partial charge in [-0.15, -0.1) is 0 Å². The Morgan fingerprint density at radius 1 is 1.27 bits per heavy atom. The Morgan fingerprint density at radius 2 is 2.05 bits per heavy atom. The number of rotatable bonds is 3. The molecule has 2 heterocycles. The molecule has 1 aliphatic heterocycles. The van der Waals surface area contributed by atoms with E-state index in [0.717, 1.165) is 24.9 Å². The van der Waals surface area contributed by atoms with Gasteiger partial charge in [-0.3, -0.25) is 4.98 Å². The number of fused-ring (bicyclic) bond motifs is 1. The molecule has 0 bridgehead atoms. The third kappa shape index (κ3) is 2.82. The molecular weight excluding hydrogens is 274 g/mol. The highest BCUT2D eigenvalue weighted by atomic mass is 16.2. The fourth-order valence-electron chi connectivity index (χ4n) is 3.02. The van der Waals surface area contributed by atoms with E-state index < -0.39 is 0 Å². The molecule has 0 aliphatic carbocycles. The molecule has 0 saturated heterocycles. The first kappa shape index (κ1) is 14.6. The number of amides is 2. The lowest BCUT2D eigenvalue weighted by atomic mass is 9.89. The summed E-state index contributed by atoms with van der Waals surface area (Å²) in [6.07, 6.45) is 5.41. The largest absolute Gasteiger partial charge is 0.338 e. The predicted molar refractivity (Wildman–Crippen MR) is 86.6 cm³/mol. The summed E-state index contributed by atoms with van der Waals surface area (Å²) in [4.78, 5) is 18.6. The van der Waals surface area contributed by atoms with E-state index in [1.165, 1.54) is 11.1 Å². The zero-order valence-corrected chi connectivity index (χ0v) is 12.8. The van der Waals surface area contributed by atoms with Crippen molar-refractivity contribution in [2.45, 2.75) is 25.8 Å². The van der Waals surface area contributed by atoms with Crippen molar-refractivity contribution in [3.63, 3.8) is 0 Å². The van der Waals surface area contributed by atoms with Gasteiger partial charge < -0.3 is 10.2 Å². The molecule has 1 aliphatic rings. The van der Waals surface area contributed by atoms with Crippen LogP contribution in [0.4, 0.5) is 4.79 Å². The number of pyridine rings is 1. The molecule has 0 spiro atoms. The number of benzene rings is 1. The number of urea groups is 1. The maximum absolute atomic E-state index is 12.5. The lowest BCUT2D eigenvalue weighted by Crippen LogP contribution is -2.46. The van der Waals surface area contributed by atoms with Crippen LogP contribution in [0.15, 0.2) is 48.8 Å². The van der Waals surface area contributed by atoms with Gasteiger partial charge in [-0.05, 0) is 41.7 Å². The third-order valence-electron chi connectivity index (χ3n) is 4.09. The summed E-state index contributed by atoms with van der Waals surface area (Å²) in [6, 6.07) is 12.3. The highest BCUT2D eigenvalue weighted by molar-refractivity contribution is 5.76. The van der Waals surface area contributed by atoms with Crippen LogP contribution in [0.25, 0.3) is 0 Å². The van der Waals surface area contributed by atoms with Gasteiger partial charge in [0.1, 0.15) is 0 Å². The summed E-state index contributed by atoms with van der Waals surface area (Å²) >= 11 is 0. The summed E-state index contributed by atoms with van der Waals surface area (Å²) in [5, 5.41) is 3.00. The maximum Gasteiger partial charge on any atom is 0.318 e. The third-order valence-corrected chi connectivity index (χ3v) is 4.09. The van der Waals surface area contributed by atoms with Gasteiger partial charge in [0.2, 0.25) is 0 Å². The van der Waals surface area contributed by atoms with E-state index in [9.17, 15) is 4.79 Å². The molecule has 0 fully saturated rings. The average Bonchev–Trinajstić information content (AvgIpc) is 2.59. The minimum absolute atomic E-state index is 0.0122. The molecule has 1 aromatic heterocycles. The van der Waals surface area contributed by atoms with Gasteiger partial charge in [-0.25, -0.2) is 4.79 Å². The van der Waals surface area contributed by atoms with Gasteiger partial charge in [0.25, 0.3) is 0 Å². The zero-order chi connectivity index (χ0) is 15.4. The fourth-order valence-corrected chi connectivity index (χ4v) is 3.02. The lowest BCUT2D eigenvalue weighted by Gasteiger charge is -2.37. The van der Waals surface area contributed by atoms with E-state index in [0.29, 0.717) is 6.54 Å². The molecule has 1 aromatic carbocycles. The quantitative estimate of drug-likeness (QED) is 0.945. The second kappa shape index (κ2) is 6.60. The number of nitrogens with one attached hydrogen (secondary N) is 1. The molecule has 1 atom stereocenters. The Hall–Kier alpha value is -2.36. The van der Waals surface area contributed by atoms with E-state index in [4.69, 9.17) is 0 Å². The van der Waals surface area contributed by atoms with E-state index in [1.54, 1.807) is 12.4 Å². The number of hydrogen-bond acceptors (Lipinski definition) is 2. The summed E-state index contributed by atoms with van der Waals surface area (Å²) in [7, 11) is 0. The normalized spacial score (nSPS) is 17.0. The average molecular weight is 295 g/mol. The van der Waals surface area contributed by atoms with E-state index in [2.05, 4.69) is 35.4 Å². The Morgan fingerprint density at radius 3 is 2.82 bits per heavy atom. The second-order valence-electron chi connectivity index (χ2n) is 5.56. The van der Waals surface area contributed by atoms with Gasteiger partial charge in [-0.2, -0.15) is 0 Å². The molecular formula is C18H21N3O. The molecule has 114 valence electrons. The Kier molecular flexibility index (Phi) is 4.37. The van der Waals surface area contributed by atoms with Crippen molar-refractivity contribution in [1.82, 2.24) is 15.2 Å². The molecule has 3 rings (SSSR count). The van der Waals surface area contributed by atoms with Crippen molar-refractivity contribution in [2.24, 2.45) is 0 Å². The first-order chi connectivity index (χ1) is 10.8. The number of aromatic nitrogens is 1. The predicted octanol–water partition coefficient (Wildman–Crippen LogP) is 3.15. The molecule has 0 saturated carbocycles.